The number of aryl methyl sites for hydroxylation is 1. The largest absolute Gasteiger partial charge is 0.477 e. The molecule has 0 unspecified atom stereocenters. The molecule has 0 aliphatic heterocycles. The number of hydrogen-bond acceptors (Lipinski definition) is 2. The second kappa shape index (κ2) is 8.87. The first-order valence-electron chi connectivity index (χ1n) is 11.2. The molecule has 2 aromatic heterocycles. The predicted octanol–water partition coefficient (Wildman–Crippen LogP) is 5.57. The lowest BCUT2D eigenvalue weighted by molar-refractivity contribution is 0.0695. The second-order valence-electron chi connectivity index (χ2n) is 8.39. The van der Waals surface area contributed by atoms with Crippen molar-refractivity contribution >= 4 is 16.9 Å². The second-order valence-corrected chi connectivity index (χ2v) is 8.39. The minimum Gasteiger partial charge on any atom is -0.477 e. The maximum atomic E-state index is 13.4. The van der Waals surface area contributed by atoms with Gasteiger partial charge in [0, 0.05) is 30.5 Å². The molecular weight excluding hydrogens is 424 g/mol. The zero-order valence-corrected chi connectivity index (χ0v) is 18.8. The lowest BCUT2D eigenvalue weighted by Crippen LogP contribution is -2.19. The third kappa shape index (κ3) is 3.82. The van der Waals surface area contributed by atoms with Crippen LogP contribution in [-0.2, 0) is 13.1 Å². The summed E-state index contributed by atoms with van der Waals surface area (Å²) in [5, 5.41) is 10.3. The van der Waals surface area contributed by atoms with Crippen molar-refractivity contribution in [3.63, 3.8) is 0 Å². The first kappa shape index (κ1) is 21.5. The van der Waals surface area contributed by atoms with Crippen LogP contribution in [0.25, 0.3) is 22.2 Å². The van der Waals surface area contributed by atoms with Crippen molar-refractivity contribution in [3.8, 4) is 11.3 Å². The molecule has 5 rings (SSSR count). The number of carbonyl (C=O) groups is 1. The van der Waals surface area contributed by atoms with Gasteiger partial charge in [0.1, 0.15) is 5.56 Å². The Balaban J connectivity index is 1.87. The van der Waals surface area contributed by atoms with E-state index in [1.165, 1.54) is 6.20 Å². The molecule has 0 amide bonds. The number of pyridine rings is 1. The summed E-state index contributed by atoms with van der Waals surface area (Å²) >= 11 is 0. The van der Waals surface area contributed by atoms with Gasteiger partial charge in [0.2, 0.25) is 5.43 Å². The zero-order chi connectivity index (χ0) is 23.7. The number of benzene rings is 3. The fourth-order valence-corrected chi connectivity index (χ4v) is 4.59. The van der Waals surface area contributed by atoms with Gasteiger partial charge in [-0.3, -0.25) is 4.79 Å². The van der Waals surface area contributed by atoms with E-state index in [9.17, 15) is 14.7 Å². The van der Waals surface area contributed by atoms with Crippen molar-refractivity contribution in [1.29, 1.82) is 0 Å². The lowest BCUT2D eigenvalue weighted by Gasteiger charge is -2.15. The molecule has 2 heterocycles. The van der Waals surface area contributed by atoms with E-state index in [0.29, 0.717) is 18.5 Å². The third-order valence-electron chi connectivity index (χ3n) is 6.20. The van der Waals surface area contributed by atoms with E-state index < -0.39 is 11.4 Å². The van der Waals surface area contributed by atoms with Crippen molar-refractivity contribution in [3.05, 3.63) is 130 Å². The minimum atomic E-state index is -1.22. The van der Waals surface area contributed by atoms with Crippen molar-refractivity contribution in [2.24, 2.45) is 0 Å². The van der Waals surface area contributed by atoms with Crippen molar-refractivity contribution < 1.29 is 9.90 Å². The molecule has 0 spiro atoms. The molecule has 5 heteroatoms. The number of carboxylic acid groups (broad SMARTS) is 1. The lowest BCUT2D eigenvalue weighted by atomic mass is 10.1. The van der Waals surface area contributed by atoms with Crippen LogP contribution in [0.2, 0.25) is 0 Å². The molecule has 0 aliphatic rings. The molecule has 0 aliphatic carbocycles. The molecule has 0 radical (unpaired) electrons. The minimum absolute atomic E-state index is 0.219. The van der Waals surface area contributed by atoms with Crippen molar-refractivity contribution in [2.45, 2.75) is 20.0 Å². The van der Waals surface area contributed by atoms with E-state index in [-0.39, 0.29) is 5.56 Å². The van der Waals surface area contributed by atoms with Gasteiger partial charge in [-0.2, -0.15) is 0 Å². The molecular formula is C29H24N2O3. The number of hydrogen-bond donors (Lipinski definition) is 1. The van der Waals surface area contributed by atoms with Crippen LogP contribution in [0.4, 0.5) is 0 Å². The van der Waals surface area contributed by atoms with E-state index in [2.05, 4.69) is 16.7 Å². The monoisotopic (exact) mass is 448 g/mol. The van der Waals surface area contributed by atoms with Crippen LogP contribution in [0.3, 0.4) is 0 Å². The van der Waals surface area contributed by atoms with Gasteiger partial charge in [-0.1, -0.05) is 91.0 Å². The Kier molecular flexibility index (Phi) is 5.60. The SMILES string of the molecule is Cc1c2c(=O)c(C(=O)O)cn(Cc3ccccc3)c2c(-c2ccccc2)n1Cc1ccccc1. The molecule has 0 atom stereocenters. The zero-order valence-electron chi connectivity index (χ0n) is 18.8. The van der Waals surface area contributed by atoms with Gasteiger partial charge in [0.25, 0.3) is 0 Å². The van der Waals surface area contributed by atoms with E-state index in [1.54, 1.807) is 0 Å². The topological polar surface area (TPSA) is 64.2 Å². The van der Waals surface area contributed by atoms with Gasteiger partial charge in [0.05, 0.1) is 16.6 Å². The van der Waals surface area contributed by atoms with Gasteiger partial charge in [-0.25, -0.2) is 4.79 Å². The Hall–Kier alpha value is -4.38. The Labute approximate surface area is 197 Å². The number of aromatic carboxylic acids is 1. The highest BCUT2D eigenvalue weighted by Crippen LogP contribution is 2.34. The predicted molar refractivity (Wildman–Crippen MR) is 134 cm³/mol. The fraction of sp³-hybridized carbons (Fsp3) is 0.103. The summed E-state index contributed by atoms with van der Waals surface area (Å²) in [5.74, 6) is -1.22. The average Bonchev–Trinajstić information content (AvgIpc) is 3.15. The smallest absolute Gasteiger partial charge is 0.341 e. The van der Waals surface area contributed by atoms with E-state index >= 15 is 0 Å². The average molecular weight is 449 g/mol. The molecule has 168 valence electrons. The number of nitrogens with zero attached hydrogens (tertiary/aromatic N) is 2. The summed E-state index contributed by atoms with van der Waals surface area (Å²) in [5.41, 5.74) is 4.84. The maximum absolute atomic E-state index is 13.4. The summed E-state index contributed by atoms with van der Waals surface area (Å²) in [4.78, 5) is 25.5. The highest BCUT2D eigenvalue weighted by molar-refractivity contribution is 6.00. The van der Waals surface area contributed by atoms with Crippen molar-refractivity contribution in [2.75, 3.05) is 0 Å². The molecule has 5 aromatic rings. The van der Waals surface area contributed by atoms with E-state index in [0.717, 1.165) is 33.6 Å². The Bertz CT molecular complexity index is 1530. The fourth-order valence-electron chi connectivity index (χ4n) is 4.59. The molecule has 3 aromatic carbocycles. The number of aromatic nitrogens is 2. The molecule has 5 nitrogen and oxygen atoms in total. The molecule has 0 fully saturated rings. The van der Waals surface area contributed by atoms with Gasteiger partial charge in [-0.15, -0.1) is 0 Å². The van der Waals surface area contributed by atoms with Crippen molar-refractivity contribution in [1.82, 2.24) is 9.13 Å². The van der Waals surface area contributed by atoms with E-state index in [4.69, 9.17) is 0 Å². The number of rotatable bonds is 6. The Morgan fingerprint density at radius 2 is 1.32 bits per heavy atom. The standard InChI is InChI=1S/C29H24N2O3/c1-20-25-27(30(17-21-11-5-2-6-12-21)19-24(28(25)32)29(33)34)26(23-15-9-4-10-16-23)31(20)18-22-13-7-3-8-14-22/h2-16,19H,17-18H2,1H3,(H,33,34). The molecule has 0 saturated heterocycles. The third-order valence-corrected chi connectivity index (χ3v) is 6.20. The molecule has 34 heavy (non-hydrogen) atoms. The molecule has 1 N–H and O–H groups in total. The molecule has 0 saturated carbocycles. The first-order chi connectivity index (χ1) is 16.5. The highest BCUT2D eigenvalue weighted by Gasteiger charge is 2.24. The van der Waals surface area contributed by atoms with Gasteiger partial charge >= 0.3 is 5.97 Å². The van der Waals surface area contributed by atoms with Gasteiger partial charge in [-0.05, 0) is 18.1 Å². The van der Waals surface area contributed by atoms with Crippen LogP contribution < -0.4 is 5.43 Å². The Morgan fingerprint density at radius 3 is 1.88 bits per heavy atom. The van der Waals surface area contributed by atoms with Gasteiger partial charge < -0.3 is 14.2 Å². The van der Waals surface area contributed by atoms with Crippen LogP contribution in [0, 0.1) is 6.92 Å². The normalized spacial score (nSPS) is 11.1. The number of fused-ring (bicyclic) bond motifs is 1. The number of carboxylic acids is 1. The van der Waals surface area contributed by atoms with E-state index in [1.807, 2.05) is 90.4 Å². The highest BCUT2D eigenvalue weighted by atomic mass is 16.4. The summed E-state index contributed by atoms with van der Waals surface area (Å²) in [6.45, 7) is 2.92. The van der Waals surface area contributed by atoms with Crippen LogP contribution >= 0.6 is 0 Å². The van der Waals surface area contributed by atoms with Crippen LogP contribution in [0.5, 0.6) is 0 Å². The summed E-state index contributed by atoms with van der Waals surface area (Å²) < 4.78 is 4.04. The first-order valence-corrected chi connectivity index (χ1v) is 11.2. The summed E-state index contributed by atoms with van der Waals surface area (Å²) in [6.07, 6.45) is 1.48. The Morgan fingerprint density at radius 1 is 0.794 bits per heavy atom. The quantitative estimate of drug-likeness (QED) is 0.369. The van der Waals surface area contributed by atoms with Crippen LogP contribution in [0.1, 0.15) is 27.2 Å². The molecule has 0 bridgehead atoms. The van der Waals surface area contributed by atoms with Gasteiger partial charge in [0.15, 0.2) is 0 Å². The van der Waals surface area contributed by atoms with Crippen LogP contribution in [0.15, 0.2) is 102 Å². The van der Waals surface area contributed by atoms with Crippen LogP contribution in [-0.4, -0.2) is 20.2 Å². The maximum Gasteiger partial charge on any atom is 0.341 e. The summed E-state index contributed by atoms with van der Waals surface area (Å²) in [6, 6.07) is 29.9. The summed E-state index contributed by atoms with van der Waals surface area (Å²) in [7, 11) is 0.